The van der Waals surface area contributed by atoms with E-state index >= 15 is 0 Å². The molecule has 0 amide bonds. The number of nitrogens with zero attached hydrogens (tertiary/aromatic N) is 1. The maximum atomic E-state index is 4.41. The molecule has 50 valence electrons. The Balaban J connectivity index is 2.75. The van der Waals surface area contributed by atoms with Crippen molar-refractivity contribution < 1.29 is 0 Å². The van der Waals surface area contributed by atoms with Gasteiger partial charge in [0.05, 0.1) is 6.04 Å². The molecule has 0 radical (unpaired) electrons. The van der Waals surface area contributed by atoms with Gasteiger partial charge in [0.2, 0.25) is 0 Å². The summed E-state index contributed by atoms with van der Waals surface area (Å²) >= 11 is 0. The Hall–Kier alpha value is -0.590. The van der Waals surface area contributed by atoms with Gasteiger partial charge in [-0.3, -0.25) is 4.99 Å². The zero-order valence-electron chi connectivity index (χ0n) is 6.31. The fourth-order valence-electron chi connectivity index (χ4n) is 0.980. The van der Waals surface area contributed by atoms with E-state index in [0.29, 0.717) is 6.04 Å². The van der Waals surface area contributed by atoms with Crippen molar-refractivity contribution in [3.8, 4) is 0 Å². The molecule has 1 unspecified atom stereocenters. The van der Waals surface area contributed by atoms with Crippen LogP contribution in [0.1, 0.15) is 27.2 Å². The average Bonchev–Trinajstić information content (AvgIpc) is 1.80. The normalized spacial score (nSPS) is 27.2. The van der Waals surface area contributed by atoms with Crippen molar-refractivity contribution in [2.75, 3.05) is 0 Å². The molecule has 0 fully saturated rings. The molecule has 0 saturated carbocycles. The lowest BCUT2D eigenvalue weighted by atomic mass is 10.1. The van der Waals surface area contributed by atoms with Gasteiger partial charge in [-0.2, -0.15) is 0 Å². The van der Waals surface area contributed by atoms with Crippen molar-refractivity contribution in [3.05, 3.63) is 11.6 Å². The summed E-state index contributed by atoms with van der Waals surface area (Å²) in [4.78, 5) is 4.41. The van der Waals surface area contributed by atoms with Crippen LogP contribution in [-0.4, -0.2) is 11.8 Å². The number of allylic oxidation sites excluding steroid dienone is 1. The Morgan fingerprint density at radius 3 is 2.67 bits per heavy atom. The molecule has 1 heterocycles. The minimum atomic E-state index is 0.508. The second-order valence-electron chi connectivity index (χ2n) is 2.69. The van der Waals surface area contributed by atoms with Crippen LogP contribution in [-0.2, 0) is 0 Å². The summed E-state index contributed by atoms with van der Waals surface area (Å²) in [6.07, 6.45) is 3.37. The molecule has 1 aliphatic rings. The molecule has 0 bridgehead atoms. The van der Waals surface area contributed by atoms with Gasteiger partial charge in [0.15, 0.2) is 0 Å². The van der Waals surface area contributed by atoms with Gasteiger partial charge < -0.3 is 0 Å². The van der Waals surface area contributed by atoms with E-state index in [1.165, 1.54) is 11.3 Å². The summed E-state index contributed by atoms with van der Waals surface area (Å²) in [6.45, 7) is 6.33. The zero-order valence-corrected chi connectivity index (χ0v) is 6.31. The highest BCUT2D eigenvalue weighted by atomic mass is 14.8. The third-order valence-corrected chi connectivity index (χ3v) is 1.75. The molecule has 1 atom stereocenters. The average molecular weight is 123 g/mol. The maximum Gasteiger partial charge on any atom is 0.0509 e. The third kappa shape index (κ3) is 1.41. The topological polar surface area (TPSA) is 12.4 Å². The Morgan fingerprint density at radius 1 is 1.56 bits per heavy atom. The lowest BCUT2D eigenvalue weighted by Gasteiger charge is -2.12. The molecule has 0 aromatic heterocycles. The van der Waals surface area contributed by atoms with Crippen molar-refractivity contribution in [1.82, 2.24) is 0 Å². The molecule has 0 spiro atoms. The molecule has 9 heavy (non-hydrogen) atoms. The monoisotopic (exact) mass is 123 g/mol. The van der Waals surface area contributed by atoms with Crippen molar-refractivity contribution in [2.24, 2.45) is 4.99 Å². The Labute approximate surface area is 56.5 Å². The molecule has 0 saturated heterocycles. The van der Waals surface area contributed by atoms with Crippen LogP contribution in [0.15, 0.2) is 16.6 Å². The smallest absolute Gasteiger partial charge is 0.0509 e. The molecule has 0 aromatic rings. The summed E-state index contributed by atoms with van der Waals surface area (Å²) in [5, 5.41) is 0. The molecule has 1 heteroatoms. The first-order valence-electron chi connectivity index (χ1n) is 3.41. The molecule has 0 aliphatic carbocycles. The molecule has 0 aromatic carbocycles. The second-order valence-corrected chi connectivity index (χ2v) is 2.69. The largest absolute Gasteiger partial charge is 0.286 e. The highest BCUT2D eigenvalue weighted by Gasteiger charge is 2.05. The van der Waals surface area contributed by atoms with Crippen LogP contribution in [0.3, 0.4) is 0 Å². The molecule has 1 aliphatic heterocycles. The molecule has 1 nitrogen and oxygen atoms in total. The summed E-state index contributed by atoms with van der Waals surface area (Å²) in [7, 11) is 0. The van der Waals surface area contributed by atoms with E-state index in [1.54, 1.807) is 0 Å². The molecule has 0 N–H and O–H groups in total. The van der Waals surface area contributed by atoms with Crippen molar-refractivity contribution in [1.29, 1.82) is 0 Å². The van der Waals surface area contributed by atoms with Crippen molar-refractivity contribution in [2.45, 2.75) is 33.2 Å². The van der Waals surface area contributed by atoms with Gasteiger partial charge in [-0.25, -0.2) is 0 Å². The lowest BCUT2D eigenvalue weighted by Crippen LogP contribution is -2.08. The predicted molar refractivity (Wildman–Crippen MR) is 40.9 cm³/mol. The van der Waals surface area contributed by atoms with Gasteiger partial charge in [0.1, 0.15) is 0 Å². The van der Waals surface area contributed by atoms with Crippen LogP contribution in [0.4, 0.5) is 0 Å². The maximum absolute atomic E-state index is 4.41. The van der Waals surface area contributed by atoms with Crippen LogP contribution >= 0.6 is 0 Å². The van der Waals surface area contributed by atoms with Gasteiger partial charge in [-0.1, -0.05) is 6.08 Å². The fourth-order valence-corrected chi connectivity index (χ4v) is 0.980. The van der Waals surface area contributed by atoms with Crippen molar-refractivity contribution >= 4 is 5.71 Å². The first kappa shape index (κ1) is 6.53. The van der Waals surface area contributed by atoms with Crippen LogP contribution in [0.25, 0.3) is 0 Å². The van der Waals surface area contributed by atoms with E-state index in [4.69, 9.17) is 0 Å². The summed E-state index contributed by atoms with van der Waals surface area (Å²) in [5.41, 5.74) is 2.54. The van der Waals surface area contributed by atoms with Crippen molar-refractivity contribution in [3.63, 3.8) is 0 Å². The SMILES string of the molecule is CC1=CCC(C)N=C1C. The first-order valence-corrected chi connectivity index (χ1v) is 3.41. The second kappa shape index (κ2) is 2.34. The predicted octanol–water partition coefficient (Wildman–Crippen LogP) is 2.19. The summed E-state index contributed by atoms with van der Waals surface area (Å²) < 4.78 is 0. The van der Waals surface area contributed by atoms with E-state index in [2.05, 4.69) is 31.8 Å². The van der Waals surface area contributed by atoms with Gasteiger partial charge in [-0.05, 0) is 32.8 Å². The van der Waals surface area contributed by atoms with Gasteiger partial charge in [0, 0.05) is 5.71 Å². The van der Waals surface area contributed by atoms with Crippen LogP contribution in [0.5, 0.6) is 0 Å². The Kier molecular flexibility index (Phi) is 1.70. The van der Waals surface area contributed by atoms with E-state index in [9.17, 15) is 0 Å². The van der Waals surface area contributed by atoms with Gasteiger partial charge in [0.25, 0.3) is 0 Å². The van der Waals surface area contributed by atoms with E-state index in [1.807, 2.05) is 0 Å². The Bertz CT molecular complexity index is 165. The zero-order chi connectivity index (χ0) is 6.85. The number of rotatable bonds is 0. The number of dihydropyridines is 1. The fraction of sp³-hybridized carbons (Fsp3) is 0.625. The highest BCUT2D eigenvalue weighted by molar-refractivity contribution is 5.98. The summed E-state index contributed by atoms with van der Waals surface area (Å²) in [6, 6.07) is 0.508. The highest BCUT2D eigenvalue weighted by Crippen LogP contribution is 2.11. The van der Waals surface area contributed by atoms with Crippen LogP contribution in [0.2, 0.25) is 0 Å². The van der Waals surface area contributed by atoms with Gasteiger partial charge in [-0.15, -0.1) is 0 Å². The first-order chi connectivity index (χ1) is 4.20. The van der Waals surface area contributed by atoms with Crippen LogP contribution < -0.4 is 0 Å². The lowest BCUT2D eigenvalue weighted by molar-refractivity contribution is 0.746. The molecule has 1 rings (SSSR count). The van der Waals surface area contributed by atoms with E-state index in [0.717, 1.165) is 6.42 Å². The third-order valence-electron chi connectivity index (χ3n) is 1.75. The quantitative estimate of drug-likeness (QED) is 0.468. The van der Waals surface area contributed by atoms with E-state index in [-0.39, 0.29) is 0 Å². The number of aliphatic imine (C=N–C) groups is 1. The van der Waals surface area contributed by atoms with E-state index < -0.39 is 0 Å². The standard InChI is InChI=1S/C8H13N/c1-6-4-5-7(2)9-8(6)3/h4,7H,5H2,1-3H3. The number of hydrogen-bond donors (Lipinski definition) is 0. The minimum absolute atomic E-state index is 0.508. The van der Waals surface area contributed by atoms with Gasteiger partial charge >= 0.3 is 0 Å². The molecular weight excluding hydrogens is 110 g/mol. The summed E-state index contributed by atoms with van der Waals surface area (Å²) in [5.74, 6) is 0. The minimum Gasteiger partial charge on any atom is -0.286 e. The Morgan fingerprint density at radius 2 is 2.22 bits per heavy atom. The molecular formula is C8H13N. The number of hydrogen-bond acceptors (Lipinski definition) is 1. The van der Waals surface area contributed by atoms with Crippen LogP contribution in [0, 0.1) is 0 Å².